The van der Waals surface area contributed by atoms with Crippen molar-refractivity contribution in [2.75, 3.05) is 13.6 Å². The number of hydrogen-bond donors (Lipinski definition) is 2. The maximum absolute atomic E-state index is 11.3. The zero-order valence-corrected chi connectivity index (χ0v) is 7.79. The van der Waals surface area contributed by atoms with Crippen LogP contribution in [0.3, 0.4) is 0 Å². The third-order valence-electron chi connectivity index (χ3n) is 2.26. The van der Waals surface area contributed by atoms with Crippen LogP contribution in [0.2, 0.25) is 0 Å². The molecular weight excluding hydrogens is 172 g/mol. The molecule has 1 rings (SSSR count). The highest BCUT2D eigenvalue weighted by Crippen LogP contribution is 2.21. The first-order valence-electron chi connectivity index (χ1n) is 4.35. The van der Waals surface area contributed by atoms with Crippen molar-refractivity contribution in [1.29, 1.82) is 0 Å². The van der Waals surface area contributed by atoms with E-state index in [-0.39, 0.29) is 23.7 Å². The predicted octanol–water partition coefficient (Wildman–Crippen LogP) is -0.564. The highest BCUT2D eigenvalue weighted by molar-refractivity contribution is 5.88. The Kier molecular flexibility index (Phi) is 3.25. The average molecular weight is 186 g/mol. The summed E-state index contributed by atoms with van der Waals surface area (Å²) in [7, 11) is 1.52. The van der Waals surface area contributed by atoms with Gasteiger partial charge in [-0.05, 0) is 6.42 Å². The highest BCUT2D eigenvalue weighted by atomic mass is 16.7. The molecule has 0 radical (unpaired) electrons. The van der Waals surface area contributed by atoms with Crippen LogP contribution in [-0.2, 0) is 14.4 Å². The average Bonchev–Trinajstić information content (AvgIpc) is 2.47. The van der Waals surface area contributed by atoms with Gasteiger partial charge in [0, 0.05) is 13.6 Å². The van der Waals surface area contributed by atoms with E-state index in [0.717, 1.165) is 0 Å². The van der Waals surface area contributed by atoms with Gasteiger partial charge in [0.25, 0.3) is 0 Å². The molecule has 0 bridgehead atoms. The fourth-order valence-corrected chi connectivity index (χ4v) is 1.56. The molecule has 2 atom stereocenters. The molecule has 1 aliphatic heterocycles. The van der Waals surface area contributed by atoms with Gasteiger partial charge in [0.1, 0.15) is 0 Å². The molecule has 0 aliphatic carbocycles. The van der Waals surface area contributed by atoms with Crippen LogP contribution >= 0.6 is 0 Å². The fourth-order valence-electron chi connectivity index (χ4n) is 1.56. The van der Waals surface area contributed by atoms with Gasteiger partial charge in [-0.1, -0.05) is 6.92 Å². The van der Waals surface area contributed by atoms with E-state index < -0.39 is 0 Å². The summed E-state index contributed by atoms with van der Waals surface area (Å²) in [5.41, 5.74) is 2.32. The number of rotatable bonds is 3. The van der Waals surface area contributed by atoms with E-state index in [1.54, 1.807) is 0 Å². The second-order valence-electron chi connectivity index (χ2n) is 2.99. The number of carbonyl (C=O) groups excluding carboxylic acids is 2. The van der Waals surface area contributed by atoms with Crippen molar-refractivity contribution in [1.82, 2.24) is 10.8 Å². The molecule has 1 amide bonds. The third-order valence-corrected chi connectivity index (χ3v) is 2.26. The van der Waals surface area contributed by atoms with E-state index in [1.165, 1.54) is 7.05 Å². The van der Waals surface area contributed by atoms with Crippen molar-refractivity contribution in [3.05, 3.63) is 0 Å². The van der Waals surface area contributed by atoms with Crippen molar-refractivity contribution in [3.63, 3.8) is 0 Å². The zero-order chi connectivity index (χ0) is 9.84. The molecule has 0 saturated carbocycles. The van der Waals surface area contributed by atoms with Gasteiger partial charge in [-0.3, -0.25) is 4.79 Å². The lowest BCUT2D eigenvalue weighted by molar-refractivity contribution is -0.156. The maximum atomic E-state index is 11.3. The molecule has 5 heteroatoms. The fraction of sp³-hybridized carbons (Fsp3) is 0.750. The smallest absolute Gasteiger partial charge is 0.330 e. The van der Waals surface area contributed by atoms with Crippen LogP contribution in [0.25, 0.3) is 0 Å². The van der Waals surface area contributed by atoms with Crippen LogP contribution in [0.5, 0.6) is 0 Å². The minimum atomic E-state index is -0.368. The SMILES string of the molecule is CC[C@H]1C(=O)NC[C@@H]1C(=O)ONC. The Labute approximate surface area is 76.8 Å². The van der Waals surface area contributed by atoms with Crippen molar-refractivity contribution in [2.45, 2.75) is 13.3 Å². The van der Waals surface area contributed by atoms with Crippen molar-refractivity contribution >= 4 is 11.9 Å². The van der Waals surface area contributed by atoms with Gasteiger partial charge >= 0.3 is 5.97 Å². The molecule has 1 aliphatic rings. The van der Waals surface area contributed by atoms with Gasteiger partial charge in [-0.15, -0.1) is 0 Å². The topological polar surface area (TPSA) is 67.4 Å². The van der Waals surface area contributed by atoms with Gasteiger partial charge < -0.3 is 10.2 Å². The summed E-state index contributed by atoms with van der Waals surface area (Å²) in [6.07, 6.45) is 0.662. The third kappa shape index (κ3) is 1.98. The Balaban J connectivity index is 2.59. The number of carbonyl (C=O) groups is 2. The molecule has 0 spiro atoms. The predicted molar refractivity (Wildman–Crippen MR) is 45.4 cm³/mol. The molecule has 74 valence electrons. The minimum Gasteiger partial charge on any atom is -0.371 e. The van der Waals surface area contributed by atoms with E-state index in [4.69, 9.17) is 0 Å². The summed E-state index contributed by atoms with van der Waals surface area (Å²) in [6, 6.07) is 0. The first-order valence-corrected chi connectivity index (χ1v) is 4.35. The molecular formula is C8H14N2O3. The monoisotopic (exact) mass is 186 g/mol. The van der Waals surface area contributed by atoms with Crippen molar-refractivity contribution < 1.29 is 14.4 Å². The maximum Gasteiger partial charge on any atom is 0.330 e. The normalized spacial score (nSPS) is 27.1. The van der Waals surface area contributed by atoms with Crippen molar-refractivity contribution in [3.8, 4) is 0 Å². The molecule has 1 saturated heterocycles. The van der Waals surface area contributed by atoms with E-state index in [2.05, 4.69) is 15.6 Å². The number of hydroxylamine groups is 1. The molecule has 0 aromatic heterocycles. The Morgan fingerprint density at radius 3 is 3.00 bits per heavy atom. The molecule has 0 aromatic carbocycles. The van der Waals surface area contributed by atoms with Gasteiger partial charge in [0.05, 0.1) is 11.8 Å². The lowest BCUT2D eigenvalue weighted by Crippen LogP contribution is -2.29. The lowest BCUT2D eigenvalue weighted by atomic mass is 9.93. The van der Waals surface area contributed by atoms with E-state index in [1.807, 2.05) is 6.92 Å². The van der Waals surface area contributed by atoms with Crippen LogP contribution in [0.15, 0.2) is 0 Å². The van der Waals surface area contributed by atoms with Crippen LogP contribution in [-0.4, -0.2) is 25.5 Å². The van der Waals surface area contributed by atoms with Gasteiger partial charge in [-0.25, -0.2) is 4.79 Å². The quantitative estimate of drug-likeness (QED) is 0.579. The van der Waals surface area contributed by atoms with E-state index >= 15 is 0 Å². The number of nitrogens with one attached hydrogen (secondary N) is 2. The van der Waals surface area contributed by atoms with Gasteiger partial charge in [0.15, 0.2) is 0 Å². The summed E-state index contributed by atoms with van der Waals surface area (Å²) in [4.78, 5) is 27.1. The Hall–Kier alpha value is -1.10. The molecule has 13 heavy (non-hydrogen) atoms. The summed E-state index contributed by atoms with van der Waals surface area (Å²) in [5.74, 6) is -1.00. The van der Waals surface area contributed by atoms with Gasteiger partial charge in [0.2, 0.25) is 5.91 Å². The zero-order valence-electron chi connectivity index (χ0n) is 7.79. The molecule has 5 nitrogen and oxygen atoms in total. The van der Waals surface area contributed by atoms with Gasteiger partial charge in [-0.2, -0.15) is 5.48 Å². The first-order chi connectivity index (χ1) is 6.20. The number of amides is 1. The van der Waals surface area contributed by atoms with Crippen LogP contribution < -0.4 is 10.8 Å². The van der Waals surface area contributed by atoms with Crippen LogP contribution in [0, 0.1) is 11.8 Å². The summed E-state index contributed by atoms with van der Waals surface area (Å²) in [5, 5.41) is 2.64. The Morgan fingerprint density at radius 2 is 2.46 bits per heavy atom. The Morgan fingerprint density at radius 1 is 1.77 bits per heavy atom. The standard InChI is InChI=1S/C8H14N2O3/c1-3-5-6(4-10-7(5)11)8(12)13-9-2/h5-6,9H,3-4H2,1-2H3,(H,10,11)/t5-,6+/m1/s1. The van der Waals surface area contributed by atoms with E-state index in [9.17, 15) is 9.59 Å². The van der Waals surface area contributed by atoms with Crippen LogP contribution in [0.1, 0.15) is 13.3 Å². The van der Waals surface area contributed by atoms with Crippen molar-refractivity contribution in [2.24, 2.45) is 11.8 Å². The molecule has 2 N–H and O–H groups in total. The molecule has 0 unspecified atom stereocenters. The molecule has 0 aromatic rings. The summed E-state index contributed by atoms with van der Waals surface area (Å²) >= 11 is 0. The van der Waals surface area contributed by atoms with E-state index in [0.29, 0.717) is 13.0 Å². The summed E-state index contributed by atoms with van der Waals surface area (Å²) < 4.78 is 0. The minimum absolute atomic E-state index is 0.0550. The van der Waals surface area contributed by atoms with Crippen LogP contribution in [0.4, 0.5) is 0 Å². The largest absolute Gasteiger partial charge is 0.371 e. The highest BCUT2D eigenvalue weighted by Gasteiger charge is 2.39. The Bertz CT molecular complexity index is 217. The first kappa shape index (κ1) is 9.98. The lowest BCUT2D eigenvalue weighted by Gasteiger charge is -2.12. The molecule has 1 fully saturated rings. The second-order valence-corrected chi connectivity index (χ2v) is 2.99. The molecule has 1 heterocycles. The summed E-state index contributed by atoms with van der Waals surface area (Å²) in [6.45, 7) is 2.27. The second kappa shape index (κ2) is 4.23. The number of hydrogen-bond acceptors (Lipinski definition) is 4.